The van der Waals surface area contributed by atoms with Gasteiger partial charge >= 0.3 is 0 Å². The van der Waals surface area contributed by atoms with Gasteiger partial charge in [-0.05, 0) is 61.8 Å². The largest absolute Gasteiger partial charge is 0.329 e. The summed E-state index contributed by atoms with van der Waals surface area (Å²) >= 11 is 5.77. The van der Waals surface area contributed by atoms with E-state index in [0.717, 1.165) is 29.9 Å². The topological polar surface area (TPSA) is 29.3 Å². The summed E-state index contributed by atoms with van der Waals surface area (Å²) in [5.74, 6) is 2.29. The number of halogens is 2. The zero-order valence-corrected chi connectivity index (χ0v) is 13.3. The van der Waals surface area contributed by atoms with Crippen LogP contribution in [0.1, 0.15) is 37.3 Å². The molecule has 0 aromatic heterocycles. The Morgan fingerprint density at radius 3 is 2.76 bits per heavy atom. The molecule has 4 heteroatoms. The molecular weight excluding hydrogens is 287 g/mol. The Labute approximate surface area is 131 Å². The first kappa shape index (κ1) is 15.3. The van der Waals surface area contributed by atoms with Crippen LogP contribution in [-0.4, -0.2) is 25.0 Å². The summed E-state index contributed by atoms with van der Waals surface area (Å²) in [6.45, 7) is 1.56. The number of rotatable bonds is 5. The van der Waals surface area contributed by atoms with Crippen molar-refractivity contribution in [2.45, 2.75) is 31.7 Å². The number of nitrogens with two attached hydrogens (primary N) is 1. The molecule has 2 N–H and O–H groups in total. The third-order valence-corrected chi connectivity index (χ3v) is 5.80. The molecule has 0 saturated heterocycles. The minimum absolute atomic E-state index is 0.0656. The first-order chi connectivity index (χ1) is 10.1. The van der Waals surface area contributed by atoms with E-state index in [-0.39, 0.29) is 16.9 Å². The minimum Gasteiger partial charge on any atom is -0.329 e. The zero-order chi connectivity index (χ0) is 15.0. The number of benzene rings is 1. The van der Waals surface area contributed by atoms with Gasteiger partial charge in [-0.3, -0.25) is 4.90 Å². The minimum atomic E-state index is -0.360. The second kappa shape index (κ2) is 6.23. The van der Waals surface area contributed by atoms with Gasteiger partial charge in [-0.1, -0.05) is 24.1 Å². The summed E-state index contributed by atoms with van der Waals surface area (Å²) in [5.41, 5.74) is 6.87. The Hall–Kier alpha value is -0.640. The van der Waals surface area contributed by atoms with E-state index in [1.807, 2.05) is 6.07 Å². The molecular formula is C17H24ClFN2. The predicted molar refractivity (Wildman–Crippen MR) is 84.8 cm³/mol. The Morgan fingerprint density at radius 1 is 1.38 bits per heavy atom. The fourth-order valence-corrected chi connectivity index (χ4v) is 4.50. The average molecular weight is 311 g/mol. The molecule has 3 rings (SSSR count). The van der Waals surface area contributed by atoms with Crippen molar-refractivity contribution in [2.75, 3.05) is 20.1 Å². The van der Waals surface area contributed by atoms with E-state index >= 15 is 0 Å². The van der Waals surface area contributed by atoms with Crippen molar-refractivity contribution < 1.29 is 4.39 Å². The standard InChI is InChI=1S/C17H24ClFN2/c1-21(10-14-7-11-2-3-12(14)6-11)17(9-20)13-4-5-15(18)16(19)8-13/h4-5,8,11-12,14,17H,2-3,6-7,9-10,20H2,1H3. The van der Waals surface area contributed by atoms with Gasteiger partial charge in [0, 0.05) is 19.1 Å². The van der Waals surface area contributed by atoms with Gasteiger partial charge in [-0.25, -0.2) is 4.39 Å². The summed E-state index contributed by atoms with van der Waals surface area (Å²) in [5, 5.41) is 0.172. The van der Waals surface area contributed by atoms with E-state index < -0.39 is 0 Å². The highest BCUT2D eigenvalue weighted by molar-refractivity contribution is 6.30. The highest BCUT2D eigenvalue weighted by atomic mass is 35.5. The van der Waals surface area contributed by atoms with Crippen LogP contribution in [0.25, 0.3) is 0 Å². The van der Waals surface area contributed by atoms with Crippen LogP contribution >= 0.6 is 11.6 Å². The van der Waals surface area contributed by atoms with E-state index in [1.54, 1.807) is 6.07 Å². The van der Waals surface area contributed by atoms with Crippen molar-refractivity contribution in [3.05, 3.63) is 34.6 Å². The molecule has 0 spiro atoms. The Morgan fingerprint density at radius 2 is 2.19 bits per heavy atom. The number of likely N-dealkylation sites (N-methyl/N-ethyl adjacent to an activating group) is 1. The highest BCUT2D eigenvalue weighted by Gasteiger charge is 2.40. The van der Waals surface area contributed by atoms with E-state index in [0.29, 0.717) is 6.54 Å². The Balaban J connectivity index is 1.68. The van der Waals surface area contributed by atoms with Crippen LogP contribution in [0.15, 0.2) is 18.2 Å². The lowest BCUT2D eigenvalue weighted by molar-refractivity contribution is 0.176. The smallest absolute Gasteiger partial charge is 0.142 e. The lowest BCUT2D eigenvalue weighted by atomic mass is 9.88. The number of nitrogens with zero attached hydrogens (tertiary/aromatic N) is 1. The van der Waals surface area contributed by atoms with E-state index in [2.05, 4.69) is 11.9 Å². The van der Waals surface area contributed by atoms with E-state index in [9.17, 15) is 4.39 Å². The Kier molecular flexibility index (Phi) is 4.53. The zero-order valence-electron chi connectivity index (χ0n) is 12.6. The molecule has 4 unspecified atom stereocenters. The normalized spacial score (nSPS) is 29.3. The summed E-state index contributed by atoms with van der Waals surface area (Å²) in [6.07, 6.45) is 5.60. The predicted octanol–water partition coefficient (Wildman–Crippen LogP) is 3.85. The van der Waals surface area contributed by atoms with Crippen molar-refractivity contribution in [1.29, 1.82) is 0 Å². The Bertz CT molecular complexity index is 508. The van der Waals surface area contributed by atoms with Crippen molar-refractivity contribution >= 4 is 11.6 Å². The quantitative estimate of drug-likeness (QED) is 0.895. The van der Waals surface area contributed by atoms with Crippen molar-refractivity contribution in [2.24, 2.45) is 23.5 Å². The molecule has 2 bridgehead atoms. The highest BCUT2D eigenvalue weighted by Crippen LogP contribution is 2.48. The third kappa shape index (κ3) is 3.10. The second-order valence-corrected chi connectivity index (χ2v) is 7.21. The van der Waals surface area contributed by atoms with Crippen LogP contribution < -0.4 is 5.73 Å². The van der Waals surface area contributed by atoms with Crippen molar-refractivity contribution in [1.82, 2.24) is 4.90 Å². The van der Waals surface area contributed by atoms with Crippen LogP contribution in [0, 0.1) is 23.6 Å². The molecule has 2 aliphatic rings. The summed E-state index contributed by atoms with van der Waals surface area (Å²) in [6, 6.07) is 5.10. The fraction of sp³-hybridized carbons (Fsp3) is 0.647. The van der Waals surface area contributed by atoms with Crippen molar-refractivity contribution in [3.63, 3.8) is 0 Å². The molecule has 2 fully saturated rings. The number of hydrogen-bond acceptors (Lipinski definition) is 2. The molecule has 1 aromatic rings. The van der Waals surface area contributed by atoms with Crippen LogP contribution in [0.3, 0.4) is 0 Å². The van der Waals surface area contributed by atoms with Crippen LogP contribution in [0.5, 0.6) is 0 Å². The molecule has 0 amide bonds. The SMILES string of the molecule is CN(CC1CC2CCC1C2)C(CN)c1ccc(Cl)c(F)c1. The molecule has 21 heavy (non-hydrogen) atoms. The molecule has 0 heterocycles. The van der Waals surface area contributed by atoms with Crippen molar-refractivity contribution in [3.8, 4) is 0 Å². The molecule has 2 nitrogen and oxygen atoms in total. The first-order valence-corrected chi connectivity index (χ1v) is 8.31. The fourth-order valence-electron chi connectivity index (χ4n) is 4.39. The monoisotopic (exact) mass is 310 g/mol. The van der Waals surface area contributed by atoms with Gasteiger partial charge in [0.1, 0.15) is 5.82 Å². The maximum absolute atomic E-state index is 13.7. The van der Waals surface area contributed by atoms with Gasteiger partial charge in [0.2, 0.25) is 0 Å². The maximum Gasteiger partial charge on any atom is 0.142 e. The van der Waals surface area contributed by atoms with Crippen LogP contribution in [0.2, 0.25) is 5.02 Å². The summed E-state index contributed by atoms with van der Waals surface area (Å²) < 4.78 is 13.7. The number of fused-ring (bicyclic) bond motifs is 2. The van der Waals surface area contributed by atoms with E-state index in [4.69, 9.17) is 17.3 Å². The first-order valence-electron chi connectivity index (χ1n) is 7.93. The second-order valence-electron chi connectivity index (χ2n) is 6.80. The van der Waals surface area contributed by atoms with Crippen LogP contribution in [-0.2, 0) is 0 Å². The van der Waals surface area contributed by atoms with Gasteiger partial charge in [0.15, 0.2) is 0 Å². The van der Waals surface area contributed by atoms with Gasteiger partial charge in [0.05, 0.1) is 5.02 Å². The summed E-state index contributed by atoms with van der Waals surface area (Å²) in [7, 11) is 2.11. The number of hydrogen-bond donors (Lipinski definition) is 1. The molecule has 2 aliphatic carbocycles. The third-order valence-electron chi connectivity index (χ3n) is 5.49. The van der Waals surface area contributed by atoms with E-state index in [1.165, 1.54) is 31.7 Å². The van der Waals surface area contributed by atoms with Crippen LogP contribution in [0.4, 0.5) is 4.39 Å². The molecule has 0 radical (unpaired) electrons. The lowest BCUT2D eigenvalue weighted by Crippen LogP contribution is -2.35. The maximum atomic E-state index is 13.7. The molecule has 0 aliphatic heterocycles. The molecule has 4 atom stereocenters. The van der Waals surface area contributed by atoms with Gasteiger partial charge in [-0.15, -0.1) is 0 Å². The average Bonchev–Trinajstić information content (AvgIpc) is 3.06. The lowest BCUT2D eigenvalue weighted by Gasteiger charge is -2.32. The molecule has 116 valence electrons. The summed E-state index contributed by atoms with van der Waals surface area (Å²) in [4.78, 5) is 2.30. The van der Waals surface area contributed by atoms with Gasteiger partial charge < -0.3 is 5.73 Å². The molecule has 2 saturated carbocycles. The van der Waals surface area contributed by atoms with Gasteiger partial charge in [-0.2, -0.15) is 0 Å². The molecule has 1 aromatic carbocycles. The van der Waals surface area contributed by atoms with Gasteiger partial charge in [0.25, 0.3) is 0 Å².